The highest BCUT2D eigenvalue weighted by molar-refractivity contribution is 6.34. The fourth-order valence-corrected chi connectivity index (χ4v) is 1.62. The van der Waals surface area contributed by atoms with Crippen LogP contribution in [0.5, 0.6) is 0 Å². The van der Waals surface area contributed by atoms with Crippen LogP contribution in [-0.2, 0) is 0 Å². The average molecular weight is 232 g/mol. The highest BCUT2D eigenvalue weighted by Gasteiger charge is 2.17. The SMILES string of the molecule is N#CC[C@@H](N)c1c(Cl)nc(N)nc1Cl. The van der Waals surface area contributed by atoms with Gasteiger partial charge in [0.15, 0.2) is 0 Å². The van der Waals surface area contributed by atoms with E-state index in [0.29, 0.717) is 5.56 Å². The fourth-order valence-electron chi connectivity index (χ4n) is 0.938. The Balaban J connectivity index is 3.15. The number of halogens is 2. The van der Waals surface area contributed by atoms with E-state index in [1.165, 1.54) is 0 Å². The number of nitrogen functional groups attached to an aromatic ring is 1. The van der Waals surface area contributed by atoms with Gasteiger partial charge in [0.25, 0.3) is 0 Å². The Morgan fingerprint density at radius 2 is 1.86 bits per heavy atom. The maximum Gasteiger partial charge on any atom is 0.222 e. The molecule has 7 heteroatoms. The van der Waals surface area contributed by atoms with E-state index in [2.05, 4.69) is 9.97 Å². The van der Waals surface area contributed by atoms with Crippen molar-refractivity contribution in [2.24, 2.45) is 5.73 Å². The normalized spacial score (nSPS) is 12.1. The second kappa shape index (κ2) is 4.42. The Kier molecular flexibility index (Phi) is 3.47. The minimum absolute atomic E-state index is 0.0205. The van der Waals surface area contributed by atoms with Crippen molar-refractivity contribution in [2.45, 2.75) is 12.5 Å². The van der Waals surface area contributed by atoms with E-state index in [1.807, 2.05) is 6.07 Å². The van der Waals surface area contributed by atoms with Crippen LogP contribution in [-0.4, -0.2) is 9.97 Å². The zero-order valence-corrected chi connectivity index (χ0v) is 8.55. The molecule has 1 atom stereocenters. The Morgan fingerprint density at radius 3 is 2.29 bits per heavy atom. The van der Waals surface area contributed by atoms with Crippen LogP contribution in [0.15, 0.2) is 0 Å². The van der Waals surface area contributed by atoms with Crippen molar-refractivity contribution in [3.63, 3.8) is 0 Å². The maximum absolute atomic E-state index is 8.45. The highest BCUT2D eigenvalue weighted by Crippen LogP contribution is 2.28. The highest BCUT2D eigenvalue weighted by atomic mass is 35.5. The largest absolute Gasteiger partial charge is 0.368 e. The van der Waals surface area contributed by atoms with Gasteiger partial charge in [-0.15, -0.1) is 0 Å². The van der Waals surface area contributed by atoms with Crippen molar-refractivity contribution in [3.05, 3.63) is 15.9 Å². The van der Waals surface area contributed by atoms with E-state index in [-0.39, 0.29) is 22.7 Å². The van der Waals surface area contributed by atoms with Crippen LogP contribution in [0.1, 0.15) is 18.0 Å². The van der Waals surface area contributed by atoms with E-state index >= 15 is 0 Å². The van der Waals surface area contributed by atoms with E-state index in [4.69, 9.17) is 39.9 Å². The second-order valence-corrected chi connectivity index (χ2v) is 3.26. The molecule has 1 rings (SSSR count). The molecular formula is C7H7Cl2N5. The van der Waals surface area contributed by atoms with Crippen LogP contribution in [0, 0.1) is 11.3 Å². The van der Waals surface area contributed by atoms with Gasteiger partial charge in [-0.1, -0.05) is 23.2 Å². The van der Waals surface area contributed by atoms with Gasteiger partial charge in [-0.2, -0.15) is 5.26 Å². The van der Waals surface area contributed by atoms with Gasteiger partial charge in [0.1, 0.15) is 10.3 Å². The van der Waals surface area contributed by atoms with Gasteiger partial charge in [-0.25, -0.2) is 9.97 Å². The van der Waals surface area contributed by atoms with Crippen LogP contribution in [0.2, 0.25) is 10.3 Å². The van der Waals surface area contributed by atoms with E-state index in [0.717, 1.165) is 0 Å². The van der Waals surface area contributed by atoms with E-state index in [9.17, 15) is 0 Å². The first-order valence-electron chi connectivity index (χ1n) is 3.67. The Hall–Kier alpha value is -1.09. The number of nitriles is 1. The molecule has 0 radical (unpaired) electrons. The Bertz CT molecular complexity index is 363. The van der Waals surface area contributed by atoms with Crippen molar-refractivity contribution in [2.75, 3.05) is 5.73 Å². The molecular weight excluding hydrogens is 225 g/mol. The zero-order valence-electron chi connectivity index (χ0n) is 7.04. The van der Waals surface area contributed by atoms with Gasteiger partial charge in [0.2, 0.25) is 5.95 Å². The molecule has 0 aliphatic rings. The molecule has 0 bridgehead atoms. The fraction of sp³-hybridized carbons (Fsp3) is 0.286. The quantitative estimate of drug-likeness (QED) is 0.747. The lowest BCUT2D eigenvalue weighted by atomic mass is 10.1. The zero-order chi connectivity index (χ0) is 10.7. The van der Waals surface area contributed by atoms with Crippen LogP contribution >= 0.6 is 23.2 Å². The lowest BCUT2D eigenvalue weighted by Crippen LogP contribution is -2.13. The molecule has 0 aromatic carbocycles. The number of hydrogen-bond acceptors (Lipinski definition) is 5. The molecule has 0 aliphatic carbocycles. The third-order valence-corrected chi connectivity index (χ3v) is 2.13. The summed E-state index contributed by atoms with van der Waals surface area (Å²) in [5.74, 6) is -0.0205. The maximum atomic E-state index is 8.45. The number of hydrogen-bond donors (Lipinski definition) is 2. The van der Waals surface area contributed by atoms with Crippen LogP contribution in [0.4, 0.5) is 5.95 Å². The first kappa shape index (κ1) is 11.0. The predicted octanol–water partition coefficient (Wildman–Crippen LogP) is 1.28. The predicted molar refractivity (Wildman–Crippen MR) is 53.6 cm³/mol. The summed E-state index contributed by atoms with van der Waals surface area (Å²) >= 11 is 11.5. The molecule has 1 heterocycles. The number of nitrogens with two attached hydrogens (primary N) is 2. The van der Waals surface area contributed by atoms with Gasteiger partial charge in [-0.3, -0.25) is 0 Å². The number of nitrogens with zero attached hydrogens (tertiary/aromatic N) is 3. The molecule has 0 unspecified atom stereocenters. The lowest BCUT2D eigenvalue weighted by molar-refractivity contribution is 0.739. The summed E-state index contributed by atoms with van der Waals surface area (Å²) in [4.78, 5) is 7.39. The first-order chi connectivity index (χ1) is 6.56. The standard InChI is InChI=1S/C7H7Cl2N5/c8-5-4(3(11)1-2-10)6(9)14-7(12)13-5/h3H,1,11H2,(H2,12,13,14)/t3-/m1/s1. The van der Waals surface area contributed by atoms with Gasteiger partial charge in [0.05, 0.1) is 12.5 Å². The van der Waals surface area contributed by atoms with Gasteiger partial charge < -0.3 is 11.5 Å². The van der Waals surface area contributed by atoms with Crippen LogP contribution in [0.25, 0.3) is 0 Å². The number of rotatable bonds is 2. The third kappa shape index (κ3) is 2.23. The Morgan fingerprint density at radius 1 is 1.36 bits per heavy atom. The molecule has 0 saturated carbocycles. The minimum atomic E-state index is -0.597. The summed E-state index contributed by atoms with van der Waals surface area (Å²) in [5.41, 5.74) is 11.3. The lowest BCUT2D eigenvalue weighted by Gasteiger charge is -2.10. The molecule has 1 aromatic heterocycles. The summed E-state index contributed by atoms with van der Waals surface area (Å²) < 4.78 is 0. The van der Waals surface area contributed by atoms with Gasteiger partial charge >= 0.3 is 0 Å². The number of anilines is 1. The van der Waals surface area contributed by atoms with Crippen LogP contribution in [0.3, 0.4) is 0 Å². The molecule has 0 spiro atoms. The third-order valence-electron chi connectivity index (χ3n) is 1.55. The van der Waals surface area contributed by atoms with E-state index in [1.54, 1.807) is 0 Å². The molecule has 1 aromatic rings. The molecule has 14 heavy (non-hydrogen) atoms. The number of aromatic nitrogens is 2. The summed E-state index contributed by atoms with van der Waals surface area (Å²) in [6.45, 7) is 0. The van der Waals surface area contributed by atoms with Crippen molar-refractivity contribution in [3.8, 4) is 6.07 Å². The summed E-state index contributed by atoms with van der Waals surface area (Å²) in [7, 11) is 0. The van der Waals surface area contributed by atoms with Gasteiger partial charge in [-0.05, 0) is 0 Å². The molecule has 74 valence electrons. The molecule has 0 amide bonds. The van der Waals surface area contributed by atoms with Crippen molar-refractivity contribution in [1.82, 2.24) is 9.97 Å². The van der Waals surface area contributed by atoms with Gasteiger partial charge in [0, 0.05) is 11.6 Å². The monoisotopic (exact) mass is 231 g/mol. The molecule has 4 N–H and O–H groups in total. The average Bonchev–Trinajstić information content (AvgIpc) is 2.01. The summed E-state index contributed by atoms with van der Waals surface area (Å²) in [5, 5.41) is 8.63. The Labute approximate surface area is 90.6 Å². The van der Waals surface area contributed by atoms with Crippen molar-refractivity contribution >= 4 is 29.2 Å². The van der Waals surface area contributed by atoms with Crippen molar-refractivity contribution in [1.29, 1.82) is 5.26 Å². The second-order valence-electron chi connectivity index (χ2n) is 2.55. The summed E-state index contributed by atoms with van der Waals surface area (Å²) in [6.07, 6.45) is 0.0900. The molecule has 0 aliphatic heterocycles. The minimum Gasteiger partial charge on any atom is -0.368 e. The smallest absolute Gasteiger partial charge is 0.222 e. The first-order valence-corrected chi connectivity index (χ1v) is 4.42. The van der Waals surface area contributed by atoms with Crippen molar-refractivity contribution < 1.29 is 0 Å². The summed E-state index contributed by atoms with van der Waals surface area (Å²) in [6, 6.07) is 1.31. The van der Waals surface area contributed by atoms with Crippen LogP contribution < -0.4 is 11.5 Å². The topological polar surface area (TPSA) is 102 Å². The van der Waals surface area contributed by atoms with E-state index < -0.39 is 6.04 Å². The molecule has 0 fully saturated rings. The molecule has 5 nitrogen and oxygen atoms in total. The molecule has 0 saturated heterocycles.